The molecular formula is C19H28N2O. The molecule has 0 aliphatic carbocycles. The van der Waals surface area contributed by atoms with E-state index in [1.165, 1.54) is 18.4 Å². The second-order valence-corrected chi connectivity index (χ2v) is 5.91. The summed E-state index contributed by atoms with van der Waals surface area (Å²) in [7, 11) is 0. The SMILES string of the molecule is CCC=C1C(=O)Nc2cccc(CCN(CCC)CCC)c21. The molecule has 2 rings (SSSR count). The zero-order valence-electron chi connectivity index (χ0n) is 14.1. The molecule has 3 heteroatoms. The van der Waals surface area contributed by atoms with Gasteiger partial charge in [0.15, 0.2) is 0 Å². The predicted molar refractivity (Wildman–Crippen MR) is 94.1 cm³/mol. The Labute approximate surface area is 134 Å². The van der Waals surface area contributed by atoms with Crippen LogP contribution in [-0.2, 0) is 11.2 Å². The number of carbonyl (C=O) groups excluding carboxylic acids is 1. The van der Waals surface area contributed by atoms with Crippen LogP contribution in [0.1, 0.15) is 51.2 Å². The molecule has 1 aromatic carbocycles. The number of fused-ring (bicyclic) bond motifs is 1. The van der Waals surface area contributed by atoms with Gasteiger partial charge >= 0.3 is 0 Å². The first-order valence-corrected chi connectivity index (χ1v) is 8.57. The van der Waals surface area contributed by atoms with Crippen molar-refractivity contribution in [3.8, 4) is 0 Å². The molecule has 0 fully saturated rings. The van der Waals surface area contributed by atoms with Gasteiger partial charge < -0.3 is 10.2 Å². The van der Waals surface area contributed by atoms with Gasteiger partial charge in [-0.25, -0.2) is 0 Å². The first-order valence-electron chi connectivity index (χ1n) is 8.57. The molecule has 120 valence electrons. The number of benzene rings is 1. The topological polar surface area (TPSA) is 32.3 Å². The van der Waals surface area contributed by atoms with Crippen molar-refractivity contribution in [2.75, 3.05) is 25.0 Å². The van der Waals surface area contributed by atoms with Crippen molar-refractivity contribution in [1.82, 2.24) is 4.90 Å². The van der Waals surface area contributed by atoms with Gasteiger partial charge in [0.2, 0.25) is 0 Å². The minimum absolute atomic E-state index is 0.0447. The Bertz CT molecular complexity index is 542. The molecule has 1 amide bonds. The van der Waals surface area contributed by atoms with E-state index in [-0.39, 0.29) is 5.91 Å². The molecule has 0 spiro atoms. The molecular weight excluding hydrogens is 272 g/mol. The molecule has 1 aliphatic rings. The van der Waals surface area contributed by atoms with Gasteiger partial charge in [-0.05, 0) is 50.4 Å². The van der Waals surface area contributed by atoms with Crippen LogP contribution in [0.15, 0.2) is 24.3 Å². The molecule has 0 unspecified atom stereocenters. The second-order valence-electron chi connectivity index (χ2n) is 5.91. The Balaban J connectivity index is 2.18. The van der Waals surface area contributed by atoms with Crippen LogP contribution < -0.4 is 5.32 Å². The van der Waals surface area contributed by atoms with E-state index < -0.39 is 0 Å². The van der Waals surface area contributed by atoms with Crippen LogP contribution in [-0.4, -0.2) is 30.4 Å². The summed E-state index contributed by atoms with van der Waals surface area (Å²) in [6.07, 6.45) is 6.30. The third kappa shape index (κ3) is 3.77. The van der Waals surface area contributed by atoms with E-state index in [9.17, 15) is 4.79 Å². The van der Waals surface area contributed by atoms with Crippen LogP contribution in [0.5, 0.6) is 0 Å². The fourth-order valence-corrected chi connectivity index (χ4v) is 3.18. The van der Waals surface area contributed by atoms with Gasteiger partial charge in [0.1, 0.15) is 0 Å². The number of nitrogens with one attached hydrogen (secondary N) is 1. The van der Waals surface area contributed by atoms with Gasteiger partial charge in [-0.3, -0.25) is 4.79 Å². The number of carbonyl (C=O) groups is 1. The van der Waals surface area contributed by atoms with Crippen LogP contribution in [0.25, 0.3) is 5.57 Å². The first kappa shape index (κ1) is 16.8. The lowest BCUT2D eigenvalue weighted by Gasteiger charge is -2.21. The maximum Gasteiger partial charge on any atom is 0.256 e. The van der Waals surface area contributed by atoms with Crippen molar-refractivity contribution in [3.63, 3.8) is 0 Å². The smallest absolute Gasteiger partial charge is 0.256 e. The Morgan fingerprint density at radius 3 is 2.45 bits per heavy atom. The molecule has 0 saturated carbocycles. The summed E-state index contributed by atoms with van der Waals surface area (Å²) in [5.41, 5.74) is 4.24. The molecule has 3 nitrogen and oxygen atoms in total. The van der Waals surface area contributed by atoms with Crippen LogP contribution in [0, 0.1) is 0 Å². The van der Waals surface area contributed by atoms with Gasteiger partial charge in [-0.15, -0.1) is 0 Å². The van der Waals surface area contributed by atoms with E-state index in [1.807, 2.05) is 18.2 Å². The zero-order chi connectivity index (χ0) is 15.9. The van der Waals surface area contributed by atoms with Gasteiger partial charge in [0.25, 0.3) is 5.91 Å². The number of hydrogen-bond acceptors (Lipinski definition) is 2. The minimum atomic E-state index is 0.0447. The monoisotopic (exact) mass is 300 g/mol. The third-order valence-electron chi connectivity index (χ3n) is 4.10. The Morgan fingerprint density at radius 1 is 1.09 bits per heavy atom. The summed E-state index contributed by atoms with van der Waals surface area (Å²) < 4.78 is 0. The molecule has 1 N–H and O–H groups in total. The average molecular weight is 300 g/mol. The van der Waals surface area contributed by atoms with Crippen molar-refractivity contribution in [3.05, 3.63) is 35.4 Å². The number of allylic oxidation sites excluding steroid dienone is 1. The lowest BCUT2D eigenvalue weighted by molar-refractivity contribution is -0.110. The Morgan fingerprint density at radius 2 is 1.82 bits per heavy atom. The molecule has 0 saturated heterocycles. The molecule has 22 heavy (non-hydrogen) atoms. The maximum atomic E-state index is 12.1. The number of amides is 1. The second kappa shape index (κ2) is 8.14. The fraction of sp³-hybridized carbons (Fsp3) is 0.526. The highest BCUT2D eigenvalue weighted by atomic mass is 16.2. The van der Waals surface area contributed by atoms with E-state index >= 15 is 0 Å². The Hall–Kier alpha value is -1.61. The lowest BCUT2D eigenvalue weighted by atomic mass is 9.97. The zero-order valence-corrected chi connectivity index (χ0v) is 14.1. The summed E-state index contributed by atoms with van der Waals surface area (Å²) >= 11 is 0. The van der Waals surface area contributed by atoms with Crippen LogP contribution in [0.3, 0.4) is 0 Å². The highest BCUT2D eigenvalue weighted by molar-refractivity contribution is 6.31. The van der Waals surface area contributed by atoms with E-state index in [4.69, 9.17) is 0 Å². The molecule has 1 aliphatic heterocycles. The van der Waals surface area contributed by atoms with Gasteiger partial charge in [0.05, 0.1) is 0 Å². The molecule has 0 aromatic heterocycles. The summed E-state index contributed by atoms with van der Waals surface area (Å²) in [4.78, 5) is 14.6. The summed E-state index contributed by atoms with van der Waals surface area (Å²) in [5.74, 6) is 0.0447. The third-order valence-corrected chi connectivity index (χ3v) is 4.10. The summed E-state index contributed by atoms with van der Waals surface area (Å²) in [6.45, 7) is 9.90. The van der Waals surface area contributed by atoms with Crippen LogP contribution in [0.2, 0.25) is 0 Å². The molecule has 0 atom stereocenters. The Kier molecular flexibility index (Phi) is 6.20. The standard InChI is InChI=1S/C19H28N2O/c1-4-8-16-18-15(9-7-10-17(18)20-19(16)22)11-14-21(12-5-2)13-6-3/h7-10H,4-6,11-14H2,1-3H3,(H,20,22). The van der Waals surface area contributed by atoms with Crippen LogP contribution >= 0.6 is 0 Å². The normalized spacial score (nSPS) is 15.5. The predicted octanol–water partition coefficient (Wildman–Crippen LogP) is 4.10. The van der Waals surface area contributed by atoms with Gasteiger partial charge in [-0.1, -0.05) is 39.0 Å². The minimum Gasteiger partial charge on any atom is -0.321 e. The number of anilines is 1. The average Bonchev–Trinajstić information content (AvgIpc) is 2.82. The van der Waals surface area contributed by atoms with Gasteiger partial charge in [0, 0.05) is 23.4 Å². The first-order chi connectivity index (χ1) is 10.7. The number of nitrogens with zero attached hydrogens (tertiary/aromatic N) is 1. The lowest BCUT2D eigenvalue weighted by Crippen LogP contribution is -2.28. The van der Waals surface area contributed by atoms with E-state index in [0.29, 0.717) is 0 Å². The fourth-order valence-electron chi connectivity index (χ4n) is 3.18. The van der Waals surface area contributed by atoms with Crippen molar-refractivity contribution >= 4 is 17.2 Å². The molecule has 1 aromatic rings. The molecule has 0 bridgehead atoms. The summed E-state index contributed by atoms with van der Waals surface area (Å²) in [6, 6.07) is 6.22. The number of rotatable bonds is 8. The van der Waals surface area contributed by atoms with Crippen molar-refractivity contribution in [1.29, 1.82) is 0 Å². The van der Waals surface area contributed by atoms with Crippen LogP contribution in [0.4, 0.5) is 5.69 Å². The maximum absolute atomic E-state index is 12.1. The molecule has 1 heterocycles. The largest absolute Gasteiger partial charge is 0.321 e. The van der Waals surface area contributed by atoms with Crippen molar-refractivity contribution in [2.24, 2.45) is 0 Å². The highest BCUT2D eigenvalue weighted by Crippen LogP contribution is 2.35. The van der Waals surface area contributed by atoms with E-state index in [1.54, 1.807) is 0 Å². The van der Waals surface area contributed by atoms with E-state index in [0.717, 1.165) is 49.3 Å². The van der Waals surface area contributed by atoms with E-state index in [2.05, 4.69) is 37.1 Å². The summed E-state index contributed by atoms with van der Waals surface area (Å²) in [5, 5.41) is 2.99. The quantitative estimate of drug-likeness (QED) is 0.733. The van der Waals surface area contributed by atoms with Crippen molar-refractivity contribution in [2.45, 2.75) is 46.5 Å². The van der Waals surface area contributed by atoms with Crippen molar-refractivity contribution < 1.29 is 4.79 Å². The van der Waals surface area contributed by atoms with Gasteiger partial charge in [-0.2, -0.15) is 0 Å². The molecule has 0 radical (unpaired) electrons. The number of hydrogen-bond donors (Lipinski definition) is 1. The highest BCUT2D eigenvalue weighted by Gasteiger charge is 2.26.